The van der Waals surface area contributed by atoms with Crippen molar-refractivity contribution < 1.29 is 0 Å². The van der Waals surface area contributed by atoms with Crippen LogP contribution in [-0.2, 0) is 13.1 Å². The minimum absolute atomic E-state index is 0.931. The number of hydrogen-bond donors (Lipinski definition) is 1. The zero-order valence-corrected chi connectivity index (χ0v) is 11.6. The molecule has 2 aromatic rings. The van der Waals surface area contributed by atoms with Gasteiger partial charge in [0.15, 0.2) is 0 Å². The molecule has 0 aliphatic rings. The molecule has 0 aliphatic carbocycles. The summed E-state index contributed by atoms with van der Waals surface area (Å²) in [4.78, 5) is 4.41. The standard InChI is InChI=1S/C13H21N5/c1-10-8-12(3)18(16-10)7-5-6-17-9-11(2)15-13(17)14-4/h8-9H,5-7H2,1-4H3,(H,14,15). The number of imidazole rings is 1. The molecule has 2 rings (SSSR count). The lowest BCUT2D eigenvalue weighted by atomic mass is 10.4. The second kappa shape index (κ2) is 5.25. The molecule has 0 fully saturated rings. The van der Waals surface area contributed by atoms with Gasteiger partial charge in [-0.3, -0.25) is 4.68 Å². The summed E-state index contributed by atoms with van der Waals surface area (Å²) in [5.41, 5.74) is 3.36. The summed E-state index contributed by atoms with van der Waals surface area (Å²) < 4.78 is 4.22. The van der Waals surface area contributed by atoms with Gasteiger partial charge in [-0.15, -0.1) is 0 Å². The molecule has 98 valence electrons. The van der Waals surface area contributed by atoms with Crippen LogP contribution in [0.2, 0.25) is 0 Å². The molecule has 0 saturated carbocycles. The van der Waals surface area contributed by atoms with Crippen LogP contribution >= 0.6 is 0 Å². The van der Waals surface area contributed by atoms with Gasteiger partial charge in [0, 0.05) is 32.0 Å². The zero-order valence-electron chi connectivity index (χ0n) is 11.6. The van der Waals surface area contributed by atoms with Crippen molar-refractivity contribution in [2.45, 2.75) is 40.3 Å². The average Bonchev–Trinajstić information content (AvgIpc) is 2.82. The second-order valence-corrected chi connectivity index (χ2v) is 4.65. The molecular weight excluding hydrogens is 226 g/mol. The topological polar surface area (TPSA) is 47.7 Å². The highest BCUT2D eigenvalue weighted by Crippen LogP contribution is 2.09. The molecule has 0 unspecified atom stereocenters. The summed E-state index contributed by atoms with van der Waals surface area (Å²) in [6.45, 7) is 8.04. The Morgan fingerprint density at radius 2 is 1.94 bits per heavy atom. The van der Waals surface area contributed by atoms with Crippen molar-refractivity contribution in [2.24, 2.45) is 0 Å². The minimum atomic E-state index is 0.931. The van der Waals surface area contributed by atoms with Crippen LogP contribution in [0.5, 0.6) is 0 Å². The number of aryl methyl sites for hydroxylation is 5. The Kier molecular flexibility index (Phi) is 3.69. The van der Waals surface area contributed by atoms with E-state index in [1.165, 1.54) is 5.69 Å². The summed E-state index contributed by atoms with van der Waals surface area (Å²) in [5.74, 6) is 0.931. The molecule has 1 N–H and O–H groups in total. The van der Waals surface area contributed by atoms with Gasteiger partial charge in [0.25, 0.3) is 0 Å². The molecule has 5 nitrogen and oxygen atoms in total. The lowest BCUT2D eigenvalue weighted by molar-refractivity contribution is 0.518. The van der Waals surface area contributed by atoms with Gasteiger partial charge in [0.2, 0.25) is 5.95 Å². The van der Waals surface area contributed by atoms with Gasteiger partial charge in [-0.25, -0.2) is 4.98 Å². The SMILES string of the molecule is CNc1nc(C)cn1CCCn1nc(C)cc1C. The molecule has 0 saturated heterocycles. The second-order valence-electron chi connectivity index (χ2n) is 4.65. The van der Waals surface area contributed by atoms with E-state index in [2.05, 4.69) is 43.8 Å². The van der Waals surface area contributed by atoms with E-state index < -0.39 is 0 Å². The van der Waals surface area contributed by atoms with E-state index in [9.17, 15) is 0 Å². The Morgan fingerprint density at radius 1 is 1.17 bits per heavy atom. The predicted molar refractivity (Wildman–Crippen MR) is 72.8 cm³/mol. The van der Waals surface area contributed by atoms with Gasteiger partial charge in [0.1, 0.15) is 0 Å². The number of rotatable bonds is 5. The maximum Gasteiger partial charge on any atom is 0.202 e. The highest BCUT2D eigenvalue weighted by atomic mass is 15.3. The number of nitrogens with one attached hydrogen (secondary N) is 1. The van der Waals surface area contributed by atoms with Crippen LogP contribution in [0.1, 0.15) is 23.5 Å². The molecule has 0 bridgehead atoms. The molecule has 0 aromatic carbocycles. The minimum Gasteiger partial charge on any atom is -0.359 e. The van der Waals surface area contributed by atoms with Crippen LogP contribution < -0.4 is 5.32 Å². The Hall–Kier alpha value is -1.78. The maximum absolute atomic E-state index is 4.47. The van der Waals surface area contributed by atoms with Crippen LogP contribution in [0.25, 0.3) is 0 Å². The van der Waals surface area contributed by atoms with Crippen molar-refractivity contribution in [1.29, 1.82) is 0 Å². The van der Waals surface area contributed by atoms with Crippen molar-refractivity contribution >= 4 is 5.95 Å². The Balaban J connectivity index is 1.94. The fraction of sp³-hybridized carbons (Fsp3) is 0.538. The van der Waals surface area contributed by atoms with E-state index in [0.717, 1.165) is 36.8 Å². The van der Waals surface area contributed by atoms with Crippen LogP contribution in [0.4, 0.5) is 5.95 Å². The van der Waals surface area contributed by atoms with E-state index in [4.69, 9.17) is 0 Å². The van der Waals surface area contributed by atoms with Gasteiger partial charge in [0.05, 0.1) is 11.4 Å². The lowest BCUT2D eigenvalue weighted by Gasteiger charge is -2.08. The van der Waals surface area contributed by atoms with E-state index >= 15 is 0 Å². The van der Waals surface area contributed by atoms with Crippen molar-refractivity contribution in [1.82, 2.24) is 19.3 Å². The van der Waals surface area contributed by atoms with E-state index in [1.807, 2.05) is 20.9 Å². The first-order valence-electron chi connectivity index (χ1n) is 6.32. The molecule has 0 radical (unpaired) electrons. The number of aromatic nitrogens is 4. The van der Waals surface area contributed by atoms with Gasteiger partial charge in [-0.2, -0.15) is 5.10 Å². The quantitative estimate of drug-likeness (QED) is 0.880. The van der Waals surface area contributed by atoms with Crippen molar-refractivity contribution in [3.8, 4) is 0 Å². The summed E-state index contributed by atoms with van der Waals surface area (Å²) in [6, 6.07) is 2.11. The first-order chi connectivity index (χ1) is 8.60. The van der Waals surface area contributed by atoms with Gasteiger partial charge in [-0.05, 0) is 33.3 Å². The third-order valence-corrected chi connectivity index (χ3v) is 2.99. The zero-order chi connectivity index (χ0) is 13.1. The van der Waals surface area contributed by atoms with E-state index in [-0.39, 0.29) is 0 Å². The summed E-state index contributed by atoms with van der Waals surface area (Å²) in [7, 11) is 1.90. The van der Waals surface area contributed by atoms with Crippen molar-refractivity contribution in [2.75, 3.05) is 12.4 Å². The summed E-state index contributed by atoms with van der Waals surface area (Å²) in [6.07, 6.45) is 3.12. The maximum atomic E-state index is 4.47. The third-order valence-electron chi connectivity index (χ3n) is 2.99. The molecule has 0 spiro atoms. The highest BCUT2D eigenvalue weighted by molar-refractivity contribution is 5.27. The highest BCUT2D eigenvalue weighted by Gasteiger charge is 2.04. The van der Waals surface area contributed by atoms with E-state index in [0.29, 0.717) is 0 Å². The van der Waals surface area contributed by atoms with E-state index in [1.54, 1.807) is 0 Å². The van der Waals surface area contributed by atoms with Gasteiger partial charge >= 0.3 is 0 Å². The van der Waals surface area contributed by atoms with Crippen molar-refractivity contribution in [3.63, 3.8) is 0 Å². The molecule has 0 atom stereocenters. The average molecular weight is 247 g/mol. The van der Waals surface area contributed by atoms with Crippen LogP contribution in [0.15, 0.2) is 12.3 Å². The molecule has 2 aromatic heterocycles. The molecule has 0 aliphatic heterocycles. The number of anilines is 1. The summed E-state index contributed by atoms with van der Waals surface area (Å²) >= 11 is 0. The first kappa shape index (κ1) is 12.7. The molecular formula is C13H21N5. The van der Waals surface area contributed by atoms with Crippen molar-refractivity contribution in [3.05, 3.63) is 29.3 Å². The number of hydrogen-bond acceptors (Lipinski definition) is 3. The lowest BCUT2D eigenvalue weighted by Crippen LogP contribution is -2.08. The Labute approximate surface area is 108 Å². The Bertz CT molecular complexity index is 523. The number of nitrogens with zero attached hydrogens (tertiary/aromatic N) is 4. The monoisotopic (exact) mass is 247 g/mol. The van der Waals surface area contributed by atoms with Gasteiger partial charge in [-0.1, -0.05) is 0 Å². The molecule has 18 heavy (non-hydrogen) atoms. The fourth-order valence-electron chi connectivity index (χ4n) is 2.21. The normalized spacial score (nSPS) is 10.9. The van der Waals surface area contributed by atoms with Gasteiger partial charge < -0.3 is 9.88 Å². The molecule has 0 amide bonds. The smallest absolute Gasteiger partial charge is 0.202 e. The molecule has 5 heteroatoms. The largest absolute Gasteiger partial charge is 0.359 e. The van der Waals surface area contributed by atoms with Crippen LogP contribution in [0.3, 0.4) is 0 Å². The Morgan fingerprint density at radius 3 is 2.56 bits per heavy atom. The van der Waals surface area contributed by atoms with Crippen LogP contribution in [0, 0.1) is 20.8 Å². The fourth-order valence-corrected chi connectivity index (χ4v) is 2.21. The summed E-state index contributed by atoms with van der Waals surface area (Å²) in [5, 5.41) is 7.58. The van der Waals surface area contributed by atoms with Crippen LogP contribution in [-0.4, -0.2) is 26.4 Å². The molecule has 2 heterocycles. The predicted octanol–water partition coefficient (Wildman–Crippen LogP) is 2.14. The first-order valence-corrected chi connectivity index (χ1v) is 6.32. The third kappa shape index (κ3) is 2.72.